The van der Waals surface area contributed by atoms with Crippen LogP contribution in [-0.4, -0.2) is 168 Å². The third kappa shape index (κ3) is 10.4. The highest BCUT2D eigenvalue weighted by atomic mass is 35.5. The Labute approximate surface area is 486 Å². The van der Waals surface area contributed by atoms with Crippen LogP contribution in [0.1, 0.15) is 95.8 Å². The maximum Gasteiger partial charge on any atom is 0.342 e. The molecule has 6 aliphatic rings. The number of likely N-dealkylation sites (N-methyl/N-ethyl adjacent to an activating group) is 1. The van der Waals surface area contributed by atoms with Crippen molar-refractivity contribution in [2.24, 2.45) is 16.8 Å². The van der Waals surface area contributed by atoms with Crippen LogP contribution < -0.4 is 15.2 Å². The van der Waals surface area contributed by atoms with Crippen molar-refractivity contribution in [3.63, 3.8) is 0 Å². The number of aliphatic imine (C=N–C) groups is 1. The molecule has 3 N–H and O–H groups in total. The number of quaternary nitrogens is 1. The Balaban J connectivity index is 0.673. The Hall–Kier alpha value is -7.73. The van der Waals surface area contributed by atoms with Crippen LogP contribution in [0.15, 0.2) is 65.8 Å². The second-order valence-electron chi connectivity index (χ2n) is 22.7. The van der Waals surface area contributed by atoms with E-state index in [9.17, 15) is 24.0 Å². The molecule has 0 saturated carbocycles. The largest absolute Gasteiger partial charge is 0.480 e. The molecule has 7 aromatic rings. The summed E-state index contributed by atoms with van der Waals surface area (Å²) in [7, 11) is 1.85. The van der Waals surface area contributed by atoms with Gasteiger partial charge in [0.1, 0.15) is 54.4 Å². The highest BCUT2D eigenvalue weighted by Crippen LogP contribution is 2.44. The van der Waals surface area contributed by atoms with E-state index >= 15 is 9.18 Å². The van der Waals surface area contributed by atoms with Crippen LogP contribution in [-0.2, 0) is 35.3 Å². The molecule has 3 saturated heterocycles. The van der Waals surface area contributed by atoms with Crippen molar-refractivity contribution < 1.29 is 38.3 Å². The van der Waals surface area contributed by atoms with Gasteiger partial charge in [0.05, 0.1) is 42.0 Å². The first-order valence-corrected chi connectivity index (χ1v) is 29.6. The van der Waals surface area contributed by atoms with E-state index < -0.39 is 42.7 Å². The number of nitrogens with zero attached hydrogens (tertiary/aromatic N) is 12. The van der Waals surface area contributed by atoms with Crippen LogP contribution >= 0.6 is 22.9 Å². The summed E-state index contributed by atoms with van der Waals surface area (Å²) >= 11 is 7.98. The van der Waals surface area contributed by atoms with Crippen LogP contribution in [0.5, 0.6) is 0 Å². The van der Waals surface area contributed by atoms with Gasteiger partial charge in [0.25, 0.3) is 0 Å². The van der Waals surface area contributed by atoms with Crippen molar-refractivity contribution in [3.8, 4) is 16.1 Å². The molecule has 3 aromatic carbocycles. The molecule has 4 bridgehead atoms. The molecule has 21 nitrogen and oxygen atoms in total. The van der Waals surface area contributed by atoms with Gasteiger partial charge in [-0.2, -0.15) is 5.10 Å². The highest BCUT2D eigenvalue weighted by molar-refractivity contribution is 7.15. The number of nitrogens with one attached hydrogen (secondary N) is 2. The summed E-state index contributed by atoms with van der Waals surface area (Å²) in [6.45, 7) is 9.20. The fourth-order valence-electron chi connectivity index (χ4n) is 13.1. The molecule has 13 rings (SSSR count). The molecule has 3 fully saturated rings. The summed E-state index contributed by atoms with van der Waals surface area (Å²) < 4.78 is 19.9. The minimum Gasteiger partial charge on any atom is -0.480 e. The van der Waals surface area contributed by atoms with Crippen LogP contribution in [0.25, 0.3) is 37.9 Å². The molecule has 10 heterocycles. The first-order valence-electron chi connectivity index (χ1n) is 28.4. The van der Waals surface area contributed by atoms with Crippen molar-refractivity contribution in [1.82, 2.24) is 64.4 Å². The second-order valence-corrected chi connectivity index (χ2v) is 24.4. The van der Waals surface area contributed by atoms with Crippen molar-refractivity contribution >= 4 is 86.0 Å². The lowest BCUT2D eigenvalue weighted by Gasteiger charge is -2.42. The van der Waals surface area contributed by atoms with Crippen LogP contribution in [0.3, 0.4) is 0 Å². The van der Waals surface area contributed by atoms with Crippen molar-refractivity contribution in [1.29, 1.82) is 0 Å². The summed E-state index contributed by atoms with van der Waals surface area (Å²) in [5.74, 6) is -2.00. The number of halogens is 2. The molecule has 432 valence electrons. The summed E-state index contributed by atoms with van der Waals surface area (Å²) in [4.78, 5) is 94.0. The molecule has 24 heteroatoms. The lowest BCUT2D eigenvalue weighted by Crippen LogP contribution is -2.68. The van der Waals surface area contributed by atoms with E-state index in [-0.39, 0.29) is 53.0 Å². The minimum absolute atomic E-state index is 0.0397. The predicted octanol–water partition coefficient (Wildman–Crippen LogP) is 5.98. The van der Waals surface area contributed by atoms with Gasteiger partial charge in [-0.3, -0.25) is 38.2 Å². The van der Waals surface area contributed by atoms with Crippen LogP contribution in [0, 0.1) is 38.4 Å². The van der Waals surface area contributed by atoms with E-state index in [0.717, 1.165) is 33.2 Å². The minimum atomic E-state index is -1.20. The maximum absolute atomic E-state index is 16.4. The number of hydrogen-bond donors (Lipinski definition) is 3. The topological polar surface area (TPSA) is 235 Å². The monoisotopic (exact) mass is 1170 g/mol. The summed E-state index contributed by atoms with van der Waals surface area (Å²) in [6.07, 6.45) is 5.25. The van der Waals surface area contributed by atoms with E-state index in [1.54, 1.807) is 34.3 Å². The molecule has 83 heavy (non-hydrogen) atoms. The number of amides is 5. The smallest absolute Gasteiger partial charge is 0.342 e. The fraction of sp³-hybridized carbons (Fsp3) is 0.441. The van der Waals surface area contributed by atoms with Crippen LogP contribution in [0.2, 0.25) is 5.02 Å². The molecule has 0 aliphatic carbocycles. The Kier molecular flexibility index (Phi) is 15.1. The van der Waals surface area contributed by atoms with Gasteiger partial charge < -0.3 is 30.4 Å². The molecule has 0 spiro atoms. The van der Waals surface area contributed by atoms with Gasteiger partial charge in [0.2, 0.25) is 23.6 Å². The summed E-state index contributed by atoms with van der Waals surface area (Å²) in [6, 6.07) is 15.7. The number of piperidine rings is 3. The number of aryl methyl sites for hydroxylation is 2. The number of fused-ring (bicyclic) bond motifs is 5. The molecule has 5 amide bonds. The first kappa shape index (κ1) is 55.8. The number of carboxylic acid groups (broad SMARTS) is 1. The second kappa shape index (κ2) is 22.4. The molecular weight excluding hydrogens is 1100 g/mol. The quantitative estimate of drug-likeness (QED) is 0.107. The zero-order valence-corrected chi connectivity index (χ0v) is 48.3. The maximum atomic E-state index is 16.4. The van der Waals surface area contributed by atoms with Gasteiger partial charge in [-0.1, -0.05) is 40.7 Å². The van der Waals surface area contributed by atoms with Crippen LogP contribution in [0.4, 0.5) is 4.39 Å². The van der Waals surface area contributed by atoms with Gasteiger partial charge in [0, 0.05) is 95.3 Å². The molecule has 1 atom stereocenters. The van der Waals surface area contributed by atoms with E-state index in [2.05, 4.69) is 39.6 Å². The Bertz CT molecular complexity index is 3790. The number of carboxylic acids is 1. The van der Waals surface area contributed by atoms with Crippen molar-refractivity contribution in [2.75, 3.05) is 72.5 Å². The highest BCUT2D eigenvalue weighted by Gasteiger charge is 2.50. The van der Waals surface area contributed by atoms with E-state index in [1.807, 2.05) is 69.5 Å². The van der Waals surface area contributed by atoms with Gasteiger partial charge in [-0.25, -0.2) is 9.18 Å². The van der Waals surface area contributed by atoms with E-state index in [1.165, 1.54) is 10.9 Å². The number of carbonyl (C=O) groups excluding carboxylic acids is 5. The molecule has 0 radical (unpaired) electrons. The predicted molar refractivity (Wildman–Crippen MR) is 310 cm³/mol. The zero-order valence-electron chi connectivity index (χ0n) is 46.7. The third-order valence-electron chi connectivity index (χ3n) is 17.8. The van der Waals surface area contributed by atoms with Gasteiger partial charge >= 0.3 is 11.9 Å². The average Bonchev–Trinajstić information content (AvgIpc) is 2.25. The number of aliphatic carboxylic acids is 1. The average molecular weight is 1170 g/mol. The number of likely N-dealkylation sites (tertiary alicyclic amines) is 2. The normalized spacial score (nSPS) is 19.9. The Morgan fingerprint density at radius 3 is 2.31 bits per heavy atom. The number of rotatable bonds is 14. The van der Waals surface area contributed by atoms with Gasteiger partial charge in [-0.05, 0) is 101 Å². The number of aromatic nitrogens is 7. The third-order valence-corrected chi connectivity index (χ3v) is 19.2. The lowest BCUT2D eigenvalue weighted by atomic mass is 9.87. The Morgan fingerprint density at radius 1 is 0.855 bits per heavy atom. The van der Waals surface area contributed by atoms with Gasteiger partial charge in [0.15, 0.2) is 5.82 Å². The first-order chi connectivity index (χ1) is 40.0. The van der Waals surface area contributed by atoms with Crippen molar-refractivity contribution in [2.45, 2.75) is 84.2 Å². The van der Waals surface area contributed by atoms with E-state index in [0.29, 0.717) is 140 Å². The van der Waals surface area contributed by atoms with Crippen molar-refractivity contribution in [3.05, 3.63) is 111 Å². The summed E-state index contributed by atoms with van der Waals surface area (Å²) in [5, 5.41) is 35.4. The summed E-state index contributed by atoms with van der Waals surface area (Å²) in [5.41, 5.74) is 6.70. The standard InChI is InChI=1S/C59H64ClFN14O7S/c1-33-34(2)83-58-52(33)54(36-8-10-41(60)11-9-36)65-45(56-67-66-35(3)73(56)58)28-50(78)71-20-14-38(15-21-71)57(81)69(4)22-23-70-18-12-39(13-19-70)59(82)75-24-16-37(17-25-75)55-53-42(43-27-47-40(26-44(43)61)29-64-74(47)75)6-5-7-46(53)72(68-55)32-49(77)62-30-48(76)63-31-51(79)80/h5-11,26-27,29,37-39,45H,12-25,28,30-32H2,1-4H3,(H2-,62,63,76,77,79,80)/p+1/t37?,45-,75?/m0/s1. The van der Waals surface area contributed by atoms with Gasteiger partial charge in [-0.15, -0.1) is 31.2 Å². The number of thiophene rings is 1. The Morgan fingerprint density at radius 2 is 1.58 bits per heavy atom. The zero-order chi connectivity index (χ0) is 58.0. The molecular formula is C59H65ClFN14O7S+. The fourth-order valence-corrected chi connectivity index (χ4v) is 14.4. The number of carbonyl (C=O) groups is 6. The lowest BCUT2D eigenvalue weighted by molar-refractivity contribution is -0.146. The number of benzene rings is 3. The van der Waals surface area contributed by atoms with E-state index in [4.69, 9.17) is 31.9 Å². The number of hydrogen-bond acceptors (Lipinski definition) is 13. The molecule has 6 aliphatic heterocycles. The molecule has 4 aromatic heterocycles. The molecule has 0 unspecified atom stereocenters. The SMILES string of the molecule is Cc1sc2c(c1C)C(c1ccc(Cl)cc1)=N[C@@H](CC(=O)N1CCC(C(=O)N(C)CCN3CCC(C(=O)[N+]45CCC(CC4)c4nn(CC(=O)NCC(=O)NCC(=O)O)c6cccc(c46)-c4cc6c(cnn65)cc4F)CC3)CC1)c1nnc(C)n1-2.